The van der Waals surface area contributed by atoms with Gasteiger partial charge in [0, 0.05) is 45.4 Å². The standard InChI is InChI=1S/C67H59N3/c1-2-5-17-47(16-4-1)53-36-45-67(62(46-53)52-18-6-3-7-19-52)68(54-37-28-48(29-38-54)50-32-41-56(42-33-50)69-63-24-12-8-20-58(63)59-21-9-13-25-64(59)69)55-39-30-49(31-40-55)51-34-43-57(44-35-51)70-65-26-14-10-22-60(65)61-23-11-15-27-66(61)70/h1-4,6-16,18-35,37-39,41-43,45,47,53,55,57,60,62,65H,5,17,36,40,44,46H2. The molecule has 0 saturated heterocycles. The maximum atomic E-state index is 2.70. The lowest BCUT2D eigenvalue weighted by Crippen LogP contribution is -2.41. The molecule has 6 aliphatic rings. The van der Waals surface area contributed by atoms with Gasteiger partial charge >= 0.3 is 0 Å². The number of rotatable bonds is 9. The monoisotopic (exact) mass is 905 g/mol. The predicted octanol–water partition coefficient (Wildman–Crippen LogP) is 16.5. The summed E-state index contributed by atoms with van der Waals surface area (Å²) in [5, 5.41) is 2.57. The Morgan fingerprint density at radius 3 is 1.94 bits per heavy atom. The number of aromatic nitrogens is 1. The minimum absolute atomic E-state index is 0.182. The molecule has 70 heavy (non-hydrogen) atoms. The minimum Gasteiger partial charge on any atom is -0.357 e. The molecular formula is C67H59N3. The van der Waals surface area contributed by atoms with Gasteiger partial charge in [-0.2, -0.15) is 0 Å². The Morgan fingerprint density at radius 1 is 0.529 bits per heavy atom. The van der Waals surface area contributed by atoms with Gasteiger partial charge in [0.25, 0.3) is 0 Å². The molecular weight excluding hydrogens is 847 g/mol. The van der Waals surface area contributed by atoms with E-state index >= 15 is 0 Å². The molecule has 7 aromatic rings. The summed E-state index contributed by atoms with van der Waals surface area (Å²) in [5.74, 6) is 1.90. The molecule has 0 amide bonds. The van der Waals surface area contributed by atoms with E-state index in [0.29, 0.717) is 35.8 Å². The van der Waals surface area contributed by atoms with Gasteiger partial charge in [-0.25, -0.2) is 0 Å². The van der Waals surface area contributed by atoms with E-state index in [2.05, 4.69) is 257 Å². The summed E-state index contributed by atoms with van der Waals surface area (Å²) >= 11 is 0. The van der Waals surface area contributed by atoms with Crippen molar-refractivity contribution in [3.63, 3.8) is 0 Å². The summed E-state index contributed by atoms with van der Waals surface area (Å²) < 4.78 is 2.40. The summed E-state index contributed by atoms with van der Waals surface area (Å²) in [4.78, 5) is 5.36. The lowest BCUT2D eigenvalue weighted by atomic mass is 9.73. The van der Waals surface area contributed by atoms with Crippen LogP contribution in [-0.2, 0) is 0 Å². The van der Waals surface area contributed by atoms with Crippen molar-refractivity contribution >= 4 is 33.2 Å². The topological polar surface area (TPSA) is 11.4 Å². The average Bonchev–Trinajstić information content (AvgIpc) is 3.80. The van der Waals surface area contributed by atoms with Crippen molar-refractivity contribution in [3.05, 3.63) is 271 Å². The van der Waals surface area contributed by atoms with Gasteiger partial charge in [-0.3, -0.25) is 0 Å². The molecule has 0 spiro atoms. The molecule has 0 radical (unpaired) electrons. The fourth-order valence-electron chi connectivity index (χ4n) is 12.8. The number of hydrogen-bond donors (Lipinski definition) is 0. The highest BCUT2D eigenvalue weighted by Gasteiger charge is 2.40. The average molecular weight is 906 g/mol. The van der Waals surface area contributed by atoms with Crippen LogP contribution in [0.25, 0.3) is 38.6 Å². The van der Waals surface area contributed by atoms with Crippen LogP contribution in [0.4, 0.5) is 11.4 Å². The molecule has 0 bridgehead atoms. The summed E-state index contributed by atoms with van der Waals surface area (Å²) in [7, 11) is 0. The first-order chi connectivity index (χ1) is 34.7. The van der Waals surface area contributed by atoms with Crippen LogP contribution in [0.5, 0.6) is 0 Å². The zero-order chi connectivity index (χ0) is 46.4. The highest BCUT2D eigenvalue weighted by molar-refractivity contribution is 6.09. The summed E-state index contributed by atoms with van der Waals surface area (Å²) in [6, 6.07) is 57.3. The Bertz CT molecular complexity index is 3310. The molecule has 5 aliphatic carbocycles. The number of benzene rings is 6. The van der Waals surface area contributed by atoms with Gasteiger partial charge < -0.3 is 14.4 Å². The second-order valence-corrected chi connectivity index (χ2v) is 20.1. The van der Waals surface area contributed by atoms with Crippen molar-refractivity contribution in [2.24, 2.45) is 11.8 Å². The number of hydrogen-bond acceptors (Lipinski definition) is 2. The van der Waals surface area contributed by atoms with Gasteiger partial charge in [0.1, 0.15) is 0 Å². The summed E-state index contributed by atoms with van der Waals surface area (Å²) in [6.45, 7) is 0. The molecule has 0 N–H and O–H groups in total. The third kappa shape index (κ3) is 7.69. The molecule has 6 aromatic carbocycles. The highest BCUT2D eigenvalue weighted by Crippen LogP contribution is 2.48. The van der Waals surface area contributed by atoms with Crippen LogP contribution in [0, 0.1) is 11.8 Å². The van der Waals surface area contributed by atoms with Crippen LogP contribution in [0.15, 0.2) is 260 Å². The number of para-hydroxylation sites is 3. The van der Waals surface area contributed by atoms with E-state index in [1.807, 2.05) is 0 Å². The number of fused-ring (bicyclic) bond motifs is 6. The van der Waals surface area contributed by atoms with Crippen molar-refractivity contribution in [2.75, 3.05) is 9.80 Å². The fraction of sp³-hybridized carbons (Fsp3) is 0.194. The molecule has 1 aliphatic heterocycles. The Labute approximate surface area is 413 Å². The Kier molecular flexibility index (Phi) is 11.1. The summed E-state index contributed by atoms with van der Waals surface area (Å²) in [5.41, 5.74) is 15.7. The normalized spacial score (nSPS) is 24.5. The first kappa shape index (κ1) is 42.5. The molecule has 1 aromatic heterocycles. The van der Waals surface area contributed by atoms with Crippen LogP contribution in [0.2, 0.25) is 0 Å². The van der Waals surface area contributed by atoms with Gasteiger partial charge in [-0.1, -0.05) is 200 Å². The van der Waals surface area contributed by atoms with Gasteiger partial charge in [0.15, 0.2) is 0 Å². The first-order valence-corrected chi connectivity index (χ1v) is 25.8. The van der Waals surface area contributed by atoms with E-state index in [1.54, 1.807) is 0 Å². The smallest absolute Gasteiger partial charge is 0.0586 e. The maximum Gasteiger partial charge on any atom is 0.0586 e. The number of nitrogens with zero attached hydrogens (tertiary/aromatic N) is 3. The largest absolute Gasteiger partial charge is 0.357 e. The van der Waals surface area contributed by atoms with Gasteiger partial charge in [0.05, 0.1) is 29.2 Å². The first-order valence-electron chi connectivity index (χ1n) is 25.8. The number of allylic oxidation sites excluding steroid dienone is 12. The van der Waals surface area contributed by atoms with Crippen LogP contribution in [0.3, 0.4) is 0 Å². The van der Waals surface area contributed by atoms with Gasteiger partial charge in [0.2, 0.25) is 0 Å². The number of anilines is 2. The second-order valence-electron chi connectivity index (χ2n) is 20.1. The molecule has 342 valence electrons. The van der Waals surface area contributed by atoms with E-state index in [-0.39, 0.29) is 6.04 Å². The highest BCUT2D eigenvalue weighted by atomic mass is 15.2. The zero-order valence-corrected chi connectivity index (χ0v) is 39.7. The Morgan fingerprint density at radius 2 is 1.20 bits per heavy atom. The molecule has 2 heterocycles. The van der Waals surface area contributed by atoms with E-state index in [0.717, 1.165) is 32.1 Å². The van der Waals surface area contributed by atoms with Crippen LogP contribution in [0.1, 0.15) is 61.5 Å². The zero-order valence-electron chi connectivity index (χ0n) is 39.7. The molecule has 13 rings (SSSR count). The maximum absolute atomic E-state index is 2.70. The van der Waals surface area contributed by atoms with Crippen LogP contribution < -0.4 is 9.80 Å². The molecule has 7 atom stereocenters. The van der Waals surface area contributed by atoms with Crippen molar-refractivity contribution < 1.29 is 0 Å². The van der Waals surface area contributed by atoms with E-state index in [4.69, 9.17) is 0 Å². The van der Waals surface area contributed by atoms with Crippen molar-refractivity contribution in [3.8, 4) is 16.8 Å². The molecule has 3 heteroatoms. The van der Waals surface area contributed by atoms with Crippen molar-refractivity contribution in [1.82, 2.24) is 4.57 Å². The molecule has 0 fully saturated rings. The Hall–Kier alpha value is -7.62. The molecule has 7 unspecified atom stereocenters. The molecule has 3 nitrogen and oxygen atoms in total. The quantitative estimate of drug-likeness (QED) is 0.143. The fourth-order valence-corrected chi connectivity index (χ4v) is 12.8. The van der Waals surface area contributed by atoms with Crippen molar-refractivity contribution in [1.29, 1.82) is 0 Å². The third-order valence-corrected chi connectivity index (χ3v) is 16.2. The lowest BCUT2D eigenvalue weighted by molar-refractivity contribution is 0.324. The third-order valence-electron chi connectivity index (χ3n) is 16.2. The molecule has 0 saturated carbocycles. The predicted molar refractivity (Wildman–Crippen MR) is 295 cm³/mol. The SMILES string of the molecule is C1=CCCC(C2CC=C(N(c3ccc(-c4ccc(-n5c6ccccc6c6ccccc65)cc4)cc3)C3C=CC(C4=CCC(N5c6ccccc6C6C=CC=CC65)C=C4)=CC3)C(c3ccccc3)C2)C=C1. The van der Waals surface area contributed by atoms with Crippen molar-refractivity contribution in [2.45, 2.75) is 68.5 Å². The Balaban J connectivity index is 0.805. The second kappa shape index (κ2) is 18.4. The van der Waals surface area contributed by atoms with Gasteiger partial charge in [-0.05, 0) is 126 Å². The summed E-state index contributed by atoms with van der Waals surface area (Å²) in [6.07, 6.45) is 42.5. The van der Waals surface area contributed by atoms with E-state index in [1.165, 1.54) is 84.4 Å². The van der Waals surface area contributed by atoms with E-state index < -0.39 is 0 Å². The lowest BCUT2D eigenvalue weighted by Gasteiger charge is -2.43. The van der Waals surface area contributed by atoms with Gasteiger partial charge in [-0.15, -0.1) is 0 Å². The van der Waals surface area contributed by atoms with Crippen LogP contribution in [-0.4, -0.2) is 22.7 Å². The minimum atomic E-state index is 0.182. The van der Waals surface area contributed by atoms with E-state index in [9.17, 15) is 0 Å². The van der Waals surface area contributed by atoms with Crippen LogP contribution >= 0.6 is 0 Å².